The average molecular weight is 168 g/mol. The zero-order chi connectivity index (χ0) is 8.97. The Morgan fingerprint density at radius 1 is 1.33 bits per heavy atom. The van der Waals surface area contributed by atoms with Crippen molar-refractivity contribution in [1.82, 2.24) is 0 Å². The van der Waals surface area contributed by atoms with Gasteiger partial charge in [0.1, 0.15) is 0 Å². The molecule has 1 saturated carbocycles. The van der Waals surface area contributed by atoms with Crippen molar-refractivity contribution < 1.29 is 4.74 Å². The monoisotopic (exact) mass is 168 g/mol. The lowest BCUT2D eigenvalue weighted by molar-refractivity contribution is 0.0192. The van der Waals surface area contributed by atoms with Gasteiger partial charge in [0.15, 0.2) is 0 Å². The summed E-state index contributed by atoms with van der Waals surface area (Å²) < 4.78 is 5.45. The number of rotatable bonds is 2. The Kier molecular flexibility index (Phi) is 3.80. The molecule has 1 nitrogen and oxygen atoms in total. The lowest BCUT2D eigenvalue weighted by Gasteiger charge is -2.31. The molecule has 12 heavy (non-hydrogen) atoms. The topological polar surface area (TPSA) is 9.23 Å². The molecule has 1 heteroatoms. The highest BCUT2D eigenvalue weighted by atomic mass is 16.5. The minimum atomic E-state index is 0.486. The van der Waals surface area contributed by atoms with Gasteiger partial charge in [-0.25, -0.2) is 0 Å². The first kappa shape index (κ1) is 9.79. The predicted molar refractivity (Wildman–Crippen MR) is 52.1 cm³/mol. The zero-order valence-electron chi connectivity index (χ0n) is 8.42. The Bertz CT molecular complexity index is 151. The molecule has 0 spiro atoms. The van der Waals surface area contributed by atoms with Gasteiger partial charge < -0.3 is 4.74 Å². The second kappa shape index (κ2) is 4.66. The van der Waals surface area contributed by atoms with Gasteiger partial charge in [0.25, 0.3) is 0 Å². The number of methoxy groups -OCH3 is 1. The molecule has 0 bridgehead atoms. The molecule has 0 aromatic carbocycles. The predicted octanol–water partition coefficient (Wildman–Crippen LogP) is 3.01. The molecule has 70 valence electrons. The molecular weight excluding hydrogens is 148 g/mol. The maximum atomic E-state index is 5.45. The molecule has 0 aliphatic heterocycles. The van der Waals surface area contributed by atoms with E-state index in [-0.39, 0.29) is 0 Å². The standard InChI is InChI=1S/C11H20O/c1-4-5-10-7-6-9(2)11(8-10)12-3/h4-5,9-11H,6-8H2,1-3H3/b5-4+. The van der Waals surface area contributed by atoms with Gasteiger partial charge in [0.05, 0.1) is 6.10 Å². The Balaban J connectivity index is 2.43. The Morgan fingerprint density at radius 2 is 2.08 bits per heavy atom. The van der Waals surface area contributed by atoms with Gasteiger partial charge in [-0.3, -0.25) is 0 Å². The van der Waals surface area contributed by atoms with Crippen molar-refractivity contribution in [2.75, 3.05) is 7.11 Å². The first-order valence-corrected chi connectivity index (χ1v) is 4.93. The average Bonchev–Trinajstić information content (AvgIpc) is 2.09. The largest absolute Gasteiger partial charge is 0.381 e. The number of ether oxygens (including phenoxy) is 1. The van der Waals surface area contributed by atoms with Crippen LogP contribution in [0, 0.1) is 11.8 Å². The fourth-order valence-corrected chi connectivity index (χ4v) is 2.09. The van der Waals surface area contributed by atoms with E-state index >= 15 is 0 Å². The highest BCUT2D eigenvalue weighted by Gasteiger charge is 2.25. The SMILES string of the molecule is C/C=C/C1CCC(C)C(OC)C1. The van der Waals surface area contributed by atoms with Gasteiger partial charge in [-0.2, -0.15) is 0 Å². The van der Waals surface area contributed by atoms with Gasteiger partial charge >= 0.3 is 0 Å². The molecule has 0 aromatic rings. The first-order chi connectivity index (χ1) is 5.77. The lowest BCUT2D eigenvalue weighted by Crippen LogP contribution is -2.28. The van der Waals surface area contributed by atoms with Gasteiger partial charge in [-0.05, 0) is 38.0 Å². The summed E-state index contributed by atoms with van der Waals surface area (Å²) in [6.07, 6.45) is 8.83. The number of hydrogen-bond acceptors (Lipinski definition) is 1. The van der Waals surface area contributed by atoms with E-state index in [0.717, 1.165) is 11.8 Å². The van der Waals surface area contributed by atoms with Crippen LogP contribution in [0.3, 0.4) is 0 Å². The van der Waals surface area contributed by atoms with Gasteiger partial charge in [0.2, 0.25) is 0 Å². The molecule has 0 amide bonds. The Labute approximate surface area is 75.8 Å². The van der Waals surface area contributed by atoms with E-state index in [0.29, 0.717) is 6.10 Å². The lowest BCUT2D eigenvalue weighted by atomic mass is 9.80. The third-order valence-corrected chi connectivity index (χ3v) is 2.93. The molecule has 1 aliphatic carbocycles. The zero-order valence-corrected chi connectivity index (χ0v) is 8.42. The van der Waals surface area contributed by atoms with Crippen LogP contribution >= 0.6 is 0 Å². The van der Waals surface area contributed by atoms with Crippen LogP contribution in [0.15, 0.2) is 12.2 Å². The van der Waals surface area contributed by atoms with E-state index in [4.69, 9.17) is 4.74 Å². The number of hydrogen-bond donors (Lipinski definition) is 0. The number of allylic oxidation sites excluding steroid dienone is 2. The molecule has 3 atom stereocenters. The summed E-state index contributed by atoms with van der Waals surface area (Å²) in [7, 11) is 1.83. The molecule has 0 radical (unpaired) electrons. The fourth-order valence-electron chi connectivity index (χ4n) is 2.09. The summed E-state index contributed by atoms with van der Waals surface area (Å²) in [4.78, 5) is 0. The Morgan fingerprint density at radius 3 is 2.67 bits per heavy atom. The molecule has 3 unspecified atom stereocenters. The first-order valence-electron chi connectivity index (χ1n) is 4.93. The van der Waals surface area contributed by atoms with Crippen molar-refractivity contribution in [2.24, 2.45) is 11.8 Å². The molecule has 0 aromatic heterocycles. The summed E-state index contributed by atoms with van der Waals surface area (Å²) in [5.74, 6) is 1.51. The highest BCUT2D eigenvalue weighted by Crippen LogP contribution is 2.31. The normalized spacial score (nSPS) is 37.4. The van der Waals surface area contributed by atoms with Crippen LogP contribution in [0.25, 0.3) is 0 Å². The van der Waals surface area contributed by atoms with Crippen LogP contribution in [0.5, 0.6) is 0 Å². The molecular formula is C11H20O. The van der Waals surface area contributed by atoms with Gasteiger partial charge in [0, 0.05) is 7.11 Å². The van der Waals surface area contributed by atoms with Gasteiger partial charge in [-0.1, -0.05) is 19.1 Å². The van der Waals surface area contributed by atoms with Crippen LogP contribution in [0.2, 0.25) is 0 Å². The van der Waals surface area contributed by atoms with Crippen molar-refractivity contribution in [1.29, 1.82) is 0 Å². The highest BCUT2D eigenvalue weighted by molar-refractivity contribution is 4.91. The van der Waals surface area contributed by atoms with E-state index in [2.05, 4.69) is 26.0 Å². The summed E-state index contributed by atoms with van der Waals surface area (Å²) in [5.41, 5.74) is 0. The van der Waals surface area contributed by atoms with E-state index < -0.39 is 0 Å². The van der Waals surface area contributed by atoms with E-state index in [9.17, 15) is 0 Å². The van der Waals surface area contributed by atoms with Crippen molar-refractivity contribution >= 4 is 0 Å². The van der Waals surface area contributed by atoms with Gasteiger partial charge in [-0.15, -0.1) is 0 Å². The molecule has 1 rings (SSSR count). The second-order valence-corrected chi connectivity index (χ2v) is 3.85. The minimum absolute atomic E-state index is 0.486. The summed E-state index contributed by atoms with van der Waals surface area (Å²) in [5, 5.41) is 0. The fraction of sp³-hybridized carbons (Fsp3) is 0.818. The van der Waals surface area contributed by atoms with Crippen molar-refractivity contribution in [2.45, 2.75) is 39.2 Å². The van der Waals surface area contributed by atoms with E-state index in [1.807, 2.05) is 7.11 Å². The molecule has 0 N–H and O–H groups in total. The third kappa shape index (κ3) is 2.34. The van der Waals surface area contributed by atoms with Crippen LogP contribution in [-0.4, -0.2) is 13.2 Å². The van der Waals surface area contributed by atoms with Crippen LogP contribution < -0.4 is 0 Å². The van der Waals surface area contributed by atoms with Crippen molar-refractivity contribution in [3.63, 3.8) is 0 Å². The maximum Gasteiger partial charge on any atom is 0.0602 e. The minimum Gasteiger partial charge on any atom is -0.381 e. The van der Waals surface area contributed by atoms with E-state index in [1.54, 1.807) is 0 Å². The third-order valence-electron chi connectivity index (χ3n) is 2.93. The molecule has 0 saturated heterocycles. The molecule has 1 fully saturated rings. The molecule has 0 heterocycles. The van der Waals surface area contributed by atoms with Crippen LogP contribution in [0.1, 0.15) is 33.1 Å². The maximum absolute atomic E-state index is 5.45. The second-order valence-electron chi connectivity index (χ2n) is 3.85. The summed E-state index contributed by atoms with van der Waals surface area (Å²) in [6.45, 7) is 4.39. The van der Waals surface area contributed by atoms with E-state index in [1.165, 1.54) is 19.3 Å². The van der Waals surface area contributed by atoms with Crippen molar-refractivity contribution in [3.8, 4) is 0 Å². The van der Waals surface area contributed by atoms with Crippen LogP contribution in [0.4, 0.5) is 0 Å². The summed E-state index contributed by atoms with van der Waals surface area (Å²) in [6, 6.07) is 0. The smallest absolute Gasteiger partial charge is 0.0602 e. The van der Waals surface area contributed by atoms with Crippen molar-refractivity contribution in [3.05, 3.63) is 12.2 Å². The quantitative estimate of drug-likeness (QED) is 0.576. The summed E-state index contributed by atoms with van der Waals surface area (Å²) >= 11 is 0. The van der Waals surface area contributed by atoms with Crippen LogP contribution in [-0.2, 0) is 4.74 Å². The molecule has 1 aliphatic rings. The Hall–Kier alpha value is -0.300.